The fourth-order valence-corrected chi connectivity index (χ4v) is 2.36. The summed E-state index contributed by atoms with van der Waals surface area (Å²) < 4.78 is 5.27. The molecule has 3 heteroatoms. The van der Waals surface area contributed by atoms with Crippen LogP contribution >= 0.6 is 0 Å². The Bertz CT molecular complexity index is 365. The molecular weight excluding hydrogens is 200 g/mol. The molecule has 0 aliphatic carbocycles. The molecule has 88 valence electrons. The van der Waals surface area contributed by atoms with E-state index in [1.165, 1.54) is 24.1 Å². The Balaban J connectivity index is 2.12. The third-order valence-electron chi connectivity index (χ3n) is 3.35. The van der Waals surface area contributed by atoms with Crippen LogP contribution in [-0.2, 0) is 0 Å². The monoisotopic (exact) mass is 220 g/mol. The number of benzene rings is 1. The summed E-state index contributed by atoms with van der Waals surface area (Å²) in [5.41, 5.74) is 8.19. The lowest BCUT2D eigenvalue weighted by Crippen LogP contribution is -2.43. The molecule has 1 aliphatic heterocycles. The maximum Gasteiger partial charge on any atom is 0.121 e. The Morgan fingerprint density at radius 1 is 1.50 bits per heavy atom. The van der Waals surface area contributed by atoms with Gasteiger partial charge in [0.2, 0.25) is 0 Å². The van der Waals surface area contributed by atoms with Gasteiger partial charge in [-0.25, -0.2) is 0 Å². The highest BCUT2D eigenvalue weighted by molar-refractivity contribution is 5.37. The van der Waals surface area contributed by atoms with Crippen molar-refractivity contribution in [3.05, 3.63) is 29.3 Å². The summed E-state index contributed by atoms with van der Waals surface area (Å²) in [6.07, 6.45) is 1.24. The lowest BCUT2D eigenvalue weighted by molar-refractivity contribution is 0.0950. The lowest BCUT2D eigenvalue weighted by Gasteiger charge is -2.41. The molecule has 1 fully saturated rings. The van der Waals surface area contributed by atoms with Crippen molar-refractivity contribution in [1.82, 2.24) is 4.90 Å². The zero-order chi connectivity index (χ0) is 11.5. The van der Waals surface area contributed by atoms with E-state index >= 15 is 0 Å². The van der Waals surface area contributed by atoms with E-state index in [1.54, 1.807) is 7.11 Å². The van der Waals surface area contributed by atoms with E-state index in [9.17, 15) is 0 Å². The SMILES string of the molecule is COc1ccc(C2CCN2CCN)cc1C. The van der Waals surface area contributed by atoms with Crippen molar-refractivity contribution < 1.29 is 4.74 Å². The summed E-state index contributed by atoms with van der Waals surface area (Å²) in [6, 6.07) is 7.02. The average molecular weight is 220 g/mol. The van der Waals surface area contributed by atoms with Crippen molar-refractivity contribution in [2.75, 3.05) is 26.7 Å². The molecule has 1 heterocycles. The fourth-order valence-electron chi connectivity index (χ4n) is 2.36. The number of likely N-dealkylation sites (tertiary alicyclic amines) is 1. The van der Waals surface area contributed by atoms with Gasteiger partial charge in [0.05, 0.1) is 7.11 Å². The molecule has 0 radical (unpaired) electrons. The summed E-state index contributed by atoms with van der Waals surface area (Å²) in [5.74, 6) is 0.966. The van der Waals surface area contributed by atoms with E-state index in [-0.39, 0.29) is 0 Å². The first-order valence-corrected chi connectivity index (χ1v) is 5.85. The van der Waals surface area contributed by atoms with Gasteiger partial charge >= 0.3 is 0 Å². The molecule has 16 heavy (non-hydrogen) atoms. The topological polar surface area (TPSA) is 38.5 Å². The molecule has 0 saturated carbocycles. The third kappa shape index (κ3) is 2.06. The number of methoxy groups -OCH3 is 1. The molecule has 1 aromatic carbocycles. The second-order valence-electron chi connectivity index (χ2n) is 4.36. The predicted octanol–water partition coefficient (Wildman–Crippen LogP) is 1.71. The minimum absolute atomic E-state index is 0.563. The van der Waals surface area contributed by atoms with Crippen LogP contribution in [0.3, 0.4) is 0 Å². The summed E-state index contributed by atoms with van der Waals surface area (Å²) in [5, 5.41) is 0. The van der Waals surface area contributed by atoms with Crippen LogP contribution in [0.1, 0.15) is 23.6 Å². The van der Waals surface area contributed by atoms with Gasteiger partial charge in [-0.1, -0.05) is 12.1 Å². The Morgan fingerprint density at radius 3 is 2.81 bits per heavy atom. The van der Waals surface area contributed by atoms with Crippen molar-refractivity contribution in [2.24, 2.45) is 5.73 Å². The third-order valence-corrected chi connectivity index (χ3v) is 3.35. The molecule has 3 nitrogen and oxygen atoms in total. The smallest absolute Gasteiger partial charge is 0.121 e. The van der Waals surface area contributed by atoms with Crippen molar-refractivity contribution in [1.29, 1.82) is 0 Å². The Labute approximate surface area is 97.2 Å². The van der Waals surface area contributed by atoms with Gasteiger partial charge in [-0.2, -0.15) is 0 Å². The van der Waals surface area contributed by atoms with Crippen LogP contribution in [0.15, 0.2) is 18.2 Å². The molecule has 0 aromatic heterocycles. The summed E-state index contributed by atoms with van der Waals surface area (Å²) >= 11 is 0. The molecule has 0 spiro atoms. The number of nitrogens with zero attached hydrogens (tertiary/aromatic N) is 1. The molecule has 1 aliphatic rings. The summed E-state index contributed by atoms with van der Waals surface area (Å²) in [7, 11) is 1.71. The van der Waals surface area contributed by atoms with Crippen molar-refractivity contribution in [3.8, 4) is 5.75 Å². The van der Waals surface area contributed by atoms with Gasteiger partial charge in [-0.05, 0) is 30.5 Å². The highest BCUT2D eigenvalue weighted by Gasteiger charge is 2.28. The van der Waals surface area contributed by atoms with E-state index in [0.717, 1.165) is 18.8 Å². The first-order valence-electron chi connectivity index (χ1n) is 5.85. The molecule has 1 unspecified atom stereocenters. The number of nitrogens with two attached hydrogens (primary N) is 1. The van der Waals surface area contributed by atoms with Crippen LogP contribution in [0.2, 0.25) is 0 Å². The number of hydrogen-bond acceptors (Lipinski definition) is 3. The molecule has 2 N–H and O–H groups in total. The first-order chi connectivity index (χ1) is 7.76. The lowest BCUT2D eigenvalue weighted by atomic mass is 9.93. The van der Waals surface area contributed by atoms with Crippen molar-refractivity contribution in [3.63, 3.8) is 0 Å². The van der Waals surface area contributed by atoms with Crippen molar-refractivity contribution in [2.45, 2.75) is 19.4 Å². The van der Waals surface area contributed by atoms with Crippen LogP contribution in [0.4, 0.5) is 0 Å². The quantitative estimate of drug-likeness (QED) is 0.839. The highest BCUT2D eigenvalue weighted by Crippen LogP contribution is 2.34. The van der Waals surface area contributed by atoms with Gasteiger partial charge < -0.3 is 10.5 Å². The van der Waals surface area contributed by atoms with Crippen LogP contribution in [0.5, 0.6) is 5.75 Å². The van der Waals surface area contributed by atoms with E-state index in [0.29, 0.717) is 6.04 Å². The fraction of sp³-hybridized carbons (Fsp3) is 0.538. The van der Waals surface area contributed by atoms with E-state index < -0.39 is 0 Å². The predicted molar refractivity (Wildman–Crippen MR) is 65.7 cm³/mol. The molecule has 1 atom stereocenters. The van der Waals surface area contributed by atoms with Gasteiger partial charge in [-0.3, -0.25) is 4.90 Å². The van der Waals surface area contributed by atoms with Crippen molar-refractivity contribution >= 4 is 0 Å². The first kappa shape index (κ1) is 11.4. The normalized spacial score (nSPS) is 20.6. The Hall–Kier alpha value is -1.06. The average Bonchev–Trinajstić information content (AvgIpc) is 2.25. The minimum atomic E-state index is 0.563. The molecule has 1 aromatic rings. The second kappa shape index (κ2) is 4.85. The van der Waals surface area contributed by atoms with Crippen LogP contribution < -0.4 is 10.5 Å². The maximum absolute atomic E-state index is 5.59. The van der Waals surface area contributed by atoms with Gasteiger partial charge in [0.15, 0.2) is 0 Å². The van der Waals surface area contributed by atoms with Gasteiger partial charge in [-0.15, -0.1) is 0 Å². The van der Waals surface area contributed by atoms with E-state index in [2.05, 4.69) is 30.0 Å². The van der Waals surface area contributed by atoms with Crippen LogP contribution in [-0.4, -0.2) is 31.6 Å². The Kier molecular flexibility index (Phi) is 3.46. The highest BCUT2D eigenvalue weighted by atomic mass is 16.5. The number of aryl methyl sites for hydroxylation is 1. The molecule has 1 saturated heterocycles. The maximum atomic E-state index is 5.59. The zero-order valence-corrected chi connectivity index (χ0v) is 10.1. The summed E-state index contributed by atoms with van der Waals surface area (Å²) in [4.78, 5) is 2.43. The summed E-state index contributed by atoms with van der Waals surface area (Å²) in [6.45, 7) is 5.00. The van der Waals surface area contributed by atoms with Crippen LogP contribution in [0, 0.1) is 6.92 Å². The number of ether oxygens (including phenoxy) is 1. The van der Waals surface area contributed by atoms with Gasteiger partial charge in [0.25, 0.3) is 0 Å². The van der Waals surface area contributed by atoms with Gasteiger partial charge in [0, 0.05) is 25.7 Å². The van der Waals surface area contributed by atoms with Gasteiger partial charge in [0.1, 0.15) is 5.75 Å². The molecule has 0 bridgehead atoms. The minimum Gasteiger partial charge on any atom is -0.496 e. The molecular formula is C13H20N2O. The number of hydrogen-bond donors (Lipinski definition) is 1. The zero-order valence-electron chi connectivity index (χ0n) is 10.1. The molecule has 2 rings (SSSR count). The van der Waals surface area contributed by atoms with Crippen LogP contribution in [0.25, 0.3) is 0 Å². The number of rotatable bonds is 4. The second-order valence-corrected chi connectivity index (χ2v) is 4.36. The van der Waals surface area contributed by atoms with E-state index in [4.69, 9.17) is 10.5 Å². The Morgan fingerprint density at radius 2 is 2.31 bits per heavy atom. The largest absolute Gasteiger partial charge is 0.496 e. The standard InChI is InChI=1S/C13H20N2O/c1-10-9-11(3-4-13(10)16-2)12-5-7-15(12)8-6-14/h3-4,9,12H,5-8,14H2,1-2H3. The molecule has 0 amide bonds. The van der Waals surface area contributed by atoms with E-state index in [1.807, 2.05) is 0 Å².